The molecule has 0 spiro atoms. The van der Waals surface area contributed by atoms with Crippen LogP contribution in [0.15, 0.2) is 37.4 Å². The third-order valence-corrected chi connectivity index (χ3v) is 7.71. The lowest BCUT2D eigenvalue weighted by atomic mass is 9.85. The summed E-state index contributed by atoms with van der Waals surface area (Å²) in [6.07, 6.45) is 1.04. The van der Waals surface area contributed by atoms with Crippen molar-refractivity contribution in [3.8, 4) is 0 Å². The van der Waals surface area contributed by atoms with Gasteiger partial charge in [-0.05, 0) is 42.9 Å². The summed E-state index contributed by atoms with van der Waals surface area (Å²) in [4.78, 5) is 69.2. The normalized spacial score (nSPS) is 18.8. The van der Waals surface area contributed by atoms with Crippen molar-refractivity contribution in [1.82, 2.24) is 20.4 Å². The summed E-state index contributed by atoms with van der Waals surface area (Å²) in [5.74, 6) is -1.95. The molecule has 0 radical (unpaired) electrons. The summed E-state index contributed by atoms with van der Waals surface area (Å²) in [6, 6.07) is 2.36. The molecule has 1 fully saturated rings. The number of likely N-dealkylation sites (tertiary alicyclic amines) is 1. The van der Waals surface area contributed by atoms with E-state index in [1.54, 1.807) is 52.5 Å². The Morgan fingerprint density at radius 1 is 1.04 bits per heavy atom. The highest BCUT2D eigenvalue weighted by atomic mass is 16.6. The molecule has 0 unspecified atom stereocenters. The minimum atomic E-state index is -1.21. The average molecular weight is 657 g/mol. The second-order valence-corrected chi connectivity index (χ2v) is 13.6. The maximum absolute atomic E-state index is 14.1. The maximum atomic E-state index is 14.1. The van der Waals surface area contributed by atoms with Crippen molar-refractivity contribution in [2.24, 2.45) is 5.41 Å². The quantitative estimate of drug-likeness (QED) is 0.158. The lowest BCUT2D eigenvalue weighted by Gasteiger charge is -2.35. The number of hydrogen-bond acceptors (Lipinski definition) is 9. The van der Waals surface area contributed by atoms with Crippen LogP contribution in [0.3, 0.4) is 0 Å². The topological polar surface area (TPSA) is 153 Å². The molecule has 3 rings (SSSR count). The highest BCUT2D eigenvalue weighted by Gasteiger charge is 2.47. The number of nitrogens with zero attached hydrogens (tertiary/aromatic N) is 2. The van der Waals surface area contributed by atoms with E-state index in [0.717, 1.165) is 16.7 Å². The van der Waals surface area contributed by atoms with Gasteiger partial charge >= 0.3 is 18.2 Å². The van der Waals surface area contributed by atoms with Crippen molar-refractivity contribution in [3.05, 3.63) is 54.1 Å². The predicted octanol–water partition coefficient (Wildman–Crippen LogP) is 3.55. The van der Waals surface area contributed by atoms with Crippen LogP contribution in [-0.2, 0) is 46.4 Å². The molecule has 4 amide bonds. The first-order valence-corrected chi connectivity index (χ1v) is 15.5. The number of rotatable bonds is 11. The Kier molecular flexibility index (Phi) is 12.2. The summed E-state index contributed by atoms with van der Waals surface area (Å²) in [5, 5.41) is 5.25. The number of amides is 4. The molecule has 2 heterocycles. The number of hydrogen-bond donors (Lipinski definition) is 2. The third kappa shape index (κ3) is 9.80. The zero-order chi connectivity index (χ0) is 35.1. The molecular formula is C34H48N4O9. The van der Waals surface area contributed by atoms with Crippen LogP contribution in [0.25, 0.3) is 6.08 Å². The van der Waals surface area contributed by atoms with Crippen LogP contribution >= 0.6 is 0 Å². The predicted molar refractivity (Wildman–Crippen MR) is 174 cm³/mol. The molecule has 47 heavy (non-hydrogen) atoms. The molecule has 13 heteroatoms. The van der Waals surface area contributed by atoms with Gasteiger partial charge in [-0.2, -0.15) is 0 Å². The molecule has 2 N–H and O–H groups in total. The molecule has 1 saturated heterocycles. The van der Waals surface area contributed by atoms with E-state index in [-0.39, 0.29) is 26.2 Å². The highest BCUT2D eigenvalue weighted by molar-refractivity contribution is 5.94. The molecule has 0 saturated carbocycles. The van der Waals surface area contributed by atoms with Crippen LogP contribution in [0, 0.1) is 5.41 Å². The number of benzene rings is 1. The summed E-state index contributed by atoms with van der Waals surface area (Å²) in [7, 11) is 1.21. The average Bonchev–Trinajstić information content (AvgIpc) is 3.62. The first-order valence-electron chi connectivity index (χ1n) is 15.5. The molecule has 1 aromatic rings. The molecule has 1 aromatic carbocycles. The van der Waals surface area contributed by atoms with Gasteiger partial charge in [-0.15, -0.1) is 6.58 Å². The van der Waals surface area contributed by atoms with Crippen molar-refractivity contribution in [3.63, 3.8) is 0 Å². The van der Waals surface area contributed by atoms with E-state index in [1.165, 1.54) is 18.1 Å². The Hall–Kier alpha value is -4.39. The second-order valence-electron chi connectivity index (χ2n) is 13.6. The molecule has 0 aliphatic carbocycles. The van der Waals surface area contributed by atoms with Crippen LogP contribution in [0.4, 0.5) is 9.59 Å². The molecule has 2 aliphatic rings. The minimum absolute atomic E-state index is 0.0197. The Morgan fingerprint density at radius 3 is 2.34 bits per heavy atom. The van der Waals surface area contributed by atoms with Gasteiger partial charge in [-0.1, -0.05) is 57.7 Å². The van der Waals surface area contributed by atoms with E-state index >= 15 is 0 Å². The van der Waals surface area contributed by atoms with Gasteiger partial charge in [0.1, 0.15) is 29.8 Å². The number of carbonyl (C=O) groups is 5. The van der Waals surface area contributed by atoms with Gasteiger partial charge in [0.2, 0.25) is 11.8 Å². The van der Waals surface area contributed by atoms with Crippen LogP contribution in [0.1, 0.15) is 64.7 Å². The lowest BCUT2D eigenvalue weighted by molar-refractivity contribution is -0.153. The van der Waals surface area contributed by atoms with E-state index < -0.39 is 65.2 Å². The van der Waals surface area contributed by atoms with Gasteiger partial charge in [0.15, 0.2) is 0 Å². The molecule has 4 atom stereocenters. The van der Waals surface area contributed by atoms with Gasteiger partial charge in [-0.25, -0.2) is 14.4 Å². The zero-order valence-corrected chi connectivity index (χ0v) is 28.4. The molecule has 0 aromatic heterocycles. The van der Waals surface area contributed by atoms with E-state index in [9.17, 15) is 24.0 Å². The van der Waals surface area contributed by atoms with Gasteiger partial charge in [0.25, 0.3) is 0 Å². The van der Waals surface area contributed by atoms with Crippen molar-refractivity contribution in [1.29, 1.82) is 0 Å². The molecule has 2 aliphatic heterocycles. The number of esters is 1. The number of fused-ring (bicyclic) bond motifs is 1. The lowest BCUT2D eigenvalue weighted by Crippen LogP contribution is -2.60. The Morgan fingerprint density at radius 2 is 1.74 bits per heavy atom. The minimum Gasteiger partial charge on any atom is -0.467 e. The third-order valence-electron chi connectivity index (χ3n) is 7.71. The molecular weight excluding hydrogens is 608 g/mol. The van der Waals surface area contributed by atoms with E-state index in [0.29, 0.717) is 13.1 Å². The van der Waals surface area contributed by atoms with Crippen LogP contribution in [0.5, 0.6) is 0 Å². The van der Waals surface area contributed by atoms with Crippen molar-refractivity contribution < 1.29 is 42.9 Å². The van der Waals surface area contributed by atoms with Gasteiger partial charge in [-0.3, -0.25) is 14.5 Å². The van der Waals surface area contributed by atoms with Gasteiger partial charge < -0.3 is 34.5 Å². The van der Waals surface area contributed by atoms with Crippen LogP contribution < -0.4 is 10.6 Å². The monoisotopic (exact) mass is 656 g/mol. The smallest absolute Gasteiger partial charge is 0.410 e. The van der Waals surface area contributed by atoms with E-state index in [4.69, 9.17) is 18.9 Å². The summed E-state index contributed by atoms with van der Waals surface area (Å²) >= 11 is 0. The Bertz CT molecular complexity index is 1360. The molecule has 0 bridgehead atoms. The Labute approximate surface area is 276 Å². The highest BCUT2D eigenvalue weighted by Crippen LogP contribution is 2.30. The van der Waals surface area contributed by atoms with Gasteiger partial charge in [0, 0.05) is 13.0 Å². The first kappa shape index (κ1) is 37.1. The molecule has 258 valence electrons. The number of ether oxygens (including phenoxy) is 4. The van der Waals surface area contributed by atoms with E-state index in [2.05, 4.69) is 23.8 Å². The van der Waals surface area contributed by atoms with Crippen molar-refractivity contribution in [2.75, 3.05) is 26.9 Å². The van der Waals surface area contributed by atoms with Crippen molar-refractivity contribution in [2.45, 2.75) is 90.9 Å². The van der Waals surface area contributed by atoms with E-state index in [1.807, 2.05) is 18.2 Å². The maximum Gasteiger partial charge on any atom is 0.410 e. The number of alkyl carbamates (subject to hydrolysis) is 1. The number of carbonyl (C=O) groups excluding carboxylic acids is 5. The van der Waals surface area contributed by atoms with Crippen molar-refractivity contribution >= 4 is 36.0 Å². The summed E-state index contributed by atoms with van der Waals surface area (Å²) < 4.78 is 21.6. The fourth-order valence-electron chi connectivity index (χ4n) is 5.43. The number of nitrogens with one attached hydrogen (secondary N) is 2. The number of methoxy groups -OCH3 is 1. The summed E-state index contributed by atoms with van der Waals surface area (Å²) in [5.41, 5.74) is 1.27. The zero-order valence-electron chi connectivity index (χ0n) is 28.4. The summed E-state index contributed by atoms with van der Waals surface area (Å²) in [6.45, 7) is 18.3. The van der Waals surface area contributed by atoms with Crippen LogP contribution in [0.2, 0.25) is 0 Å². The van der Waals surface area contributed by atoms with Crippen LogP contribution in [-0.4, -0.2) is 96.5 Å². The fourth-order valence-corrected chi connectivity index (χ4v) is 5.43. The Balaban J connectivity index is 1.77. The van der Waals surface area contributed by atoms with Gasteiger partial charge in [0.05, 0.1) is 33.4 Å². The first-order chi connectivity index (χ1) is 22.0. The largest absolute Gasteiger partial charge is 0.467 e. The second kappa shape index (κ2) is 15.5. The SMILES string of the molecule is C=CCOC[C@H](NC(=O)OC(C)(C)C)C(=O)N[C@H](C(=O)N1C[C@H](OC(=O)N2Cc3cccc(C=C)c3C2)C[C@H]1C(=O)OC)C(C)(C)C. The molecule has 13 nitrogen and oxygen atoms in total. The standard InChI is InChI=1S/C34H48N4O9/c1-10-15-45-20-25(35-31(42)47-34(6,7)8)28(39)36-27(33(3,4)5)29(40)38-18-23(16-26(38)30(41)44-9)46-32(43)37-17-22-14-12-13-21(11-2)24(22)19-37/h10-14,23,25-27H,1-2,15-20H2,3-9H3,(H,35,42)(H,36,39)/t23-,25+,26+,27-/m1/s1. The fraction of sp³-hybridized carbons (Fsp3) is 0.559.